The van der Waals surface area contributed by atoms with Crippen LogP contribution in [0.4, 0.5) is 0 Å². The number of methoxy groups -OCH3 is 1. The Labute approximate surface area is 170 Å². The van der Waals surface area contributed by atoms with Crippen molar-refractivity contribution in [1.29, 1.82) is 0 Å². The van der Waals surface area contributed by atoms with Gasteiger partial charge in [-0.15, -0.1) is 0 Å². The number of amides is 2. The Balaban J connectivity index is 1.69. The third-order valence-electron chi connectivity index (χ3n) is 4.65. The summed E-state index contributed by atoms with van der Waals surface area (Å²) in [5, 5.41) is 10.3. The number of nitrogens with zero attached hydrogens (tertiary/aromatic N) is 1. The van der Waals surface area contributed by atoms with Gasteiger partial charge < -0.3 is 14.6 Å². The Morgan fingerprint density at radius 2 is 1.55 bits per heavy atom. The second-order valence-corrected chi connectivity index (χ2v) is 7.31. The molecule has 0 saturated heterocycles. The molecular formula is C23H25NO5. The summed E-state index contributed by atoms with van der Waals surface area (Å²) in [5.74, 6) is 0.144. The maximum Gasteiger partial charge on any atom is 0.296 e. The Morgan fingerprint density at radius 3 is 2.14 bits per heavy atom. The Kier molecular flexibility index (Phi) is 6.22. The first-order valence-corrected chi connectivity index (χ1v) is 9.56. The maximum absolute atomic E-state index is 12.8. The molecule has 0 atom stereocenters. The van der Waals surface area contributed by atoms with E-state index in [1.165, 1.54) is 0 Å². The lowest BCUT2D eigenvalue weighted by atomic mass is 10.1. The summed E-state index contributed by atoms with van der Waals surface area (Å²) in [6.45, 7) is 4.89. The standard InChI is InChI=1S/C23H25NO5/c1-15(2)14-29-19-10-6-17(7-11-19)20-21(25)23(27)24(22(20)26)13-12-16-4-8-18(28-3)9-5-16/h4-11,15,25H,12-14H2,1-3H3. The van der Waals surface area contributed by atoms with Crippen molar-refractivity contribution in [3.05, 3.63) is 65.4 Å². The van der Waals surface area contributed by atoms with Gasteiger partial charge in [0.2, 0.25) is 0 Å². The van der Waals surface area contributed by atoms with Crippen LogP contribution in [-0.4, -0.2) is 42.1 Å². The number of benzene rings is 2. The zero-order valence-corrected chi connectivity index (χ0v) is 16.8. The molecule has 3 rings (SSSR count). The van der Waals surface area contributed by atoms with Crippen LogP contribution in [-0.2, 0) is 16.0 Å². The van der Waals surface area contributed by atoms with Crippen LogP contribution in [0.1, 0.15) is 25.0 Å². The van der Waals surface area contributed by atoms with Crippen molar-refractivity contribution in [2.45, 2.75) is 20.3 Å². The van der Waals surface area contributed by atoms with E-state index in [0.29, 0.717) is 30.3 Å². The molecule has 152 valence electrons. The predicted molar refractivity (Wildman–Crippen MR) is 110 cm³/mol. The van der Waals surface area contributed by atoms with Gasteiger partial charge in [-0.05, 0) is 47.7 Å². The van der Waals surface area contributed by atoms with Gasteiger partial charge in [0.25, 0.3) is 11.8 Å². The van der Waals surface area contributed by atoms with Gasteiger partial charge in [-0.1, -0.05) is 38.1 Å². The maximum atomic E-state index is 12.8. The van der Waals surface area contributed by atoms with Gasteiger partial charge in [0.05, 0.1) is 19.3 Å². The monoisotopic (exact) mass is 395 g/mol. The van der Waals surface area contributed by atoms with Crippen molar-refractivity contribution in [2.24, 2.45) is 5.92 Å². The molecule has 2 amide bonds. The van der Waals surface area contributed by atoms with Gasteiger partial charge in [-0.3, -0.25) is 14.5 Å². The normalized spacial score (nSPS) is 14.1. The minimum atomic E-state index is -0.668. The van der Waals surface area contributed by atoms with Crippen LogP contribution in [0, 0.1) is 5.92 Å². The molecule has 0 fully saturated rings. The van der Waals surface area contributed by atoms with E-state index in [0.717, 1.165) is 16.2 Å². The zero-order valence-electron chi connectivity index (χ0n) is 16.8. The van der Waals surface area contributed by atoms with E-state index in [1.807, 2.05) is 24.3 Å². The molecule has 0 bridgehead atoms. The second kappa shape index (κ2) is 8.82. The number of imide groups is 1. The molecule has 0 unspecified atom stereocenters. The Hall–Kier alpha value is -3.28. The number of hydrogen-bond donors (Lipinski definition) is 1. The summed E-state index contributed by atoms with van der Waals surface area (Å²) in [6, 6.07) is 14.2. The average Bonchev–Trinajstić information content (AvgIpc) is 2.94. The number of carbonyl (C=O) groups excluding carboxylic acids is 2. The lowest BCUT2D eigenvalue weighted by Gasteiger charge is -2.14. The minimum absolute atomic E-state index is 0.0279. The fraction of sp³-hybridized carbons (Fsp3) is 0.304. The van der Waals surface area contributed by atoms with Gasteiger partial charge in [0.1, 0.15) is 11.5 Å². The fourth-order valence-corrected chi connectivity index (χ4v) is 3.04. The number of aliphatic hydroxyl groups is 1. The number of carbonyl (C=O) groups is 2. The summed E-state index contributed by atoms with van der Waals surface area (Å²) in [5.41, 5.74) is 1.48. The molecule has 6 heteroatoms. The highest BCUT2D eigenvalue weighted by Crippen LogP contribution is 2.29. The summed E-state index contributed by atoms with van der Waals surface area (Å²) >= 11 is 0. The van der Waals surface area contributed by atoms with E-state index in [1.54, 1.807) is 31.4 Å². The van der Waals surface area contributed by atoms with Crippen LogP contribution in [0.3, 0.4) is 0 Å². The first-order valence-electron chi connectivity index (χ1n) is 9.56. The molecule has 2 aromatic carbocycles. The van der Waals surface area contributed by atoms with Crippen molar-refractivity contribution in [3.63, 3.8) is 0 Å². The summed E-state index contributed by atoms with van der Waals surface area (Å²) < 4.78 is 10.8. The largest absolute Gasteiger partial charge is 0.502 e. The number of rotatable bonds is 8. The highest BCUT2D eigenvalue weighted by Gasteiger charge is 2.38. The van der Waals surface area contributed by atoms with Crippen molar-refractivity contribution in [1.82, 2.24) is 4.90 Å². The lowest BCUT2D eigenvalue weighted by molar-refractivity contribution is -0.138. The minimum Gasteiger partial charge on any atom is -0.502 e. The number of ether oxygens (including phenoxy) is 2. The molecule has 0 saturated carbocycles. The molecule has 0 spiro atoms. The summed E-state index contributed by atoms with van der Waals surface area (Å²) in [4.78, 5) is 26.3. The van der Waals surface area contributed by atoms with Crippen LogP contribution in [0.25, 0.3) is 5.57 Å². The highest BCUT2D eigenvalue weighted by molar-refractivity contribution is 6.34. The second-order valence-electron chi connectivity index (χ2n) is 7.31. The average molecular weight is 395 g/mol. The Bertz CT molecular complexity index is 913. The third-order valence-corrected chi connectivity index (χ3v) is 4.65. The quantitative estimate of drug-likeness (QED) is 0.691. The molecule has 0 aliphatic carbocycles. The molecule has 0 radical (unpaired) electrons. The molecule has 29 heavy (non-hydrogen) atoms. The third kappa shape index (κ3) is 4.59. The summed E-state index contributed by atoms with van der Waals surface area (Å²) in [6.07, 6.45) is 0.490. The molecule has 1 N–H and O–H groups in total. The fourth-order valence-electron chi connectivity index (χ4n) is 3.04. The van der Waals surface area contributed by atoms with Crippen LogP contribution in [0.5, 0.6) is 11.5 Å². The van der Waals surface area contributed by atoms with Gasteiger partial charge in [0, 0.05) is 6.54 Å². The Morgan fingerprint density at radius 1 is 0.931 bits per heavy atom. The van der Waals surface area contributed by atoms with Crippen molar-refractivity contribution in [2.75, 3.05) is 20.3 Å². The number of hydrogen-bond acceptors (Lipinski definition) is 5. The van der Waals surface area contributed by atoms with Crippen molar-refractivity contribution < 1.29 is 24.2 Å². The smallest absolute Gasteiger partial charge is 0.296 e. The first-order chi connectivity index (χ1) is 13.9. The molecule has 2 aromatic rings. The molecule has 1 aliphatic rings. The molecule has 1 heterocycles. The van der Waals surface area contributed by atoms with Crippen LogP contribution < -0.4 is 9.47 Å². The van der Waals surface area contributed by atoms with Crippen molar-refractivity contribution >= 4 is 17.4 Å². The van der Waals surface area contributed by atoms with Gasteiger partial charge in [0.15, 0.2) is 5.76 Å². The van der Waals surface area contributed by atoms with E-state index >= 15 is 0 Å². The van der Waals surface area contributed by atoms with Gasteiger partial charge in [-0.25, -0.2) is 0 Å². The van der Waals surface area contributed by atoms with Crippen LogP contribution >= 0.6 is 0 Å². The van der Waals surface area contributed by atoms with E-state index in [9.17, 15) is 14.7 Å². The molecule has 0 aromatic heterocycles. The molecule has 1 aliphatic heterocycles. The van der Waals surface area contributed by atoms with Crippen molar-refractivity contribution in [3.8, 4) is 11.5 Å². The lowest BCUT2D eigenvalue weighted by Crippen LogP contribution is -2.33. The topological polar surface area (TPSA) is 76.1 Å². The SMILES string of the molecule is COc1ccc(CCN2C(=O)C(O)=C(c3ccc(OCC(C)C)cc3)C2=O)cc1. The predicted octanol–water partition coefficient (Wildman–Crippen LogP) is 3.61. The van der Waals surface area contributed by atoms with E-state index < -0.39 is 17.6 Å². The van der Waals surface area contributed by atoms with E-state index in [-0.39, 0.29) is 12.1 Å². The highest BCUT2D eigenvalue weighted by atomic mass is 16.5. The number of aliphatic hydroxyl groups excluding tert-OH is 1. The first kappa shape index (κ1) is 20.5. The van der Waals surface area contributed by atoms with E-state index in [2.05, 4.69) is 13.8 Å². The van der Waals surface area contributed by atoms with Gasteiger partial charge >= 0.3 is 0 Å². The van der Waals surface area contributed by atoms with Gasteiger partial charge in [-0.2, -0.15) is 0 Å². The summed E-state index contributed by atoms with van der Waals surface area (Å²) in [7, 11) is 1.59. The molecule has 6 nitrogen and oxygen atoms in total. The van der Waals surface area contributed by atoms with Crippen LogP contribution in [0.2, 0.25) is 0 Å². The van der Waals surface area contributed by atoms with Crippen LogP contribution in [0.15, 0.2) is 54.3 Å². The molecular weight excluding hydrogens is 370 g/mol. The van der Waals surface area contributed by atoms with E-state index in [4.69, 9.17) is 9.47 Å². The zero-order chi connectivity index (χ0) is 21.0.